The number of aromatic nitrogens is 2. The minimum absolute atomic E-state index is 0.0769. The molecule has 0 saturated heterocycles. The summed E-state index contributed by atoms with van der Waals surface area (Å²) < 4.78 is 0.526. The summed E-state index contributed by atoms with van der Waals surface area (Å²) in [5.74, 6) is -0.751. The van der Waals surface area contributed by atoms with Gasteiger partial charge in [0.25, 0.3) is 5.69 Å². The summed E-state index contributed by atoms with van der Waals surface area (Å²) >= 11 is 1.16. The molecule has 110 valence electrons. The maximum Gasteiger partial charge on any atom is 0.338 e. The van der Waals surface area contributed by atoms with E-state index in [1.54, 1.807) is 18.2 Å². The number of thiophene rings is 1. The number of carbonyl (C=O) groups is 1. The van der Waals surface area contributed by atoms with Crippen LogP contribution in [0.3, 0.4) is 0 Å². The number of anilines is 2. The Morgan fingerprint density at radius 2 is 2.09 bits per heavy atom. The molecule has 0 saturated carbocycles. The first-order chi connectivity index (χ1) is 10.6. The molecule has 0 unspecified atom stereocenters. The lowest BCUT2D eigenvalue weighted by atomic mass is 10.2. The third kappa shape index (κ3) is 2.33. The van der Waals surface area contributed by atoms with Crippen molar-refractivity contribution >= 4 is 44.7 Å². The van der Waals surface area contributed by atoms with Crippen LogP contribution in [0.25, 0.3) is 10.2 Å². The predicted molar refractivity (Wildman–Crippen MR) is 80.8 cm³/mol. The topological polar surface area (TPSA) is 118 Å². The van der Waals surface area contributed by atoms with Gasteiger partial charge in [-0.05, 0) is 6.07 Å². The third-order valence-electron chi connectivity index (χ3n) is 2.94. The summed E-state index contributed by atoms with van der Waals surface area (Å²) in [5, 5.41) is 24.5. The molecule has 0 aliphatic rings. The number of nitrogens with zero attached hydrogens (tertiary/aromatic N) is 3. The Hall–Kier alpha value is -3.07. The van der Waals surface area contributed by atoms with Gasteiger partial charge in [-0.1, -0.05) is 12.1 Å². The largest absolute Gasteiger partial charge is 0.478 e. The Bertz CT molecular complexity index is 893. The Balaban J connectivity index is 2.09. The summed E-state index contributed by atoms with van der Waals surface area (Å²) in [6.45, 7) is 0. The molecule has 0 spiro atoms. The molecule has 9 heteroatoms. The lowest BCUT2D eigenvalue weighted by molar-refractivity contribution is -0.383. The normalized spacial score (nSPS) is 10.5. The number of para-hydroxylation sites is 2. The number of nitro benzene ring substituents is 1. The van der Waals surface area contributed by atoms with Crippen molar-refractivity contribution in [3.8, 4) is 0 Å². The zero-order valence-corrected chi connectivity index (χ0v) is 11.7. The van der Waals surface area contributed by atoms with Gasteiger partial charge in [0.05, 0.1) is 15.2 Å². The van der Waals surface area contributed by atoms with Crippen LogP contribution in [0.5, 0.6) is 0 Å². The highest BCUT2D eigenvalue weighted by Crippen LogP contribution is 2.33. The number of nitro groups is 1. The summed E-state index contributed by atoms with van der Waals surface area (Å²) in [4.78, 5) is 29.7. The number of carboxylic acids is 1. The summed E-state index contributed by atoms with van der Waals surface area (Å²) in [6.07, 6.45) is 1.22. The molecule has 0 radical (unpaired) electrons. The van der Waals surface area contributed by atoms with E-state index >= 15 is 0 Å². The van der Waals surface area contributed by atoms with Crippen molar-refractivity contribution in [3.05, 3.63) is 51.7 Å². The fourth-order valence-corrected chi connectivity index (χ4v) is 2.90. The van der Waals surface area contributed by atoms with Crippen molar-refractivity contribution in [3.63, 3.8) is 0 Å². The average molecular weight is 316 g/mol. The van der Waals surface area contributed by atoms with Gasteiger partial charge in [-0.25, -0.2) is 14.8 Å². The standard InChI is InChI=1S/C13H8N4O4S/c18-13(19)7-5-22-11-10(7)14-6-15-12(11)16-8-3-1-2-4-9(8)17(20)21/h1-6H,(H,18,19)(H,14,15,16). The minimum atomic E-state index is -1.08. The van der Waals surface area contributed by atoms with E-state index in [4.69, 9.17) is 5.11 Å². The number of fused-ring (bicyclic) bond motifs is 1. The van der Waals surface area contributed by atoms with Crippen LogP contribution in [-0.4, -0.2) is 26.0 Å². The maximum absolute atomic E-state index is 11.1. The van der Waals surface area contributed by atoms with Crippen LogP contribution in [0, 0.1) is 10.1 Å². The van der Waals surface area contributed by atoms with Crippen LogP contribution >= 0.6 is 11.3 Å². The van der Waals surface area contributed by atoms with E-state index in [1.165, 1.54) is 17.8 Å². The Morgan fingerprint density at radius 1 is 1.32 bits per heavy atom. The molecule has 3 aromatic rings. The second-order valence-corrected chi connectivity index (χ2v) is 5.13. The molecule has 0 amide bonds. The van der Waals surface area contributed by atoms with Crippen molar-refractivity contribution in [2.45, 2.75) is 0 Å². The van der Waals surface area contributed by atoms with Gasteiger partial charge in [-0.2, -0.15) is 0 Å². The monoisotopic (exact) mass is 316 g/mol. The van der Waals surface area contributed by atoms with E-state index in [9.17, 15) is 14.9 Å². The number of hydrogen-bond acceptors (Lipinski definition) is 7. The van der Waals surface area contributed by atoms with Crippen molar-refractivity contribution in [2.24, 2.45) is 0 Å². The predicted octanol–water partition coefficient (Wildman–Crippen LogP) is 3.04. The quantitative estimate of drug-likeness (QED) is 0.561. The second-order valence-electron chi connectivity index (χ2n) is 4.25. The van der Waals surface area contributed by atoms with E-state index in [0.29, 0.717) is 16.0 Å². The van der Waals surface area contributed by atoms with E-state index in [0.717, 1.165) is 11.3 Å². The number of nitrogens with one attached hydrogen (secondary N) is 1. The van der Waals surface area contributed by atoms with Crippen molar-refractivity contribution in [1.82, 2.24) is 9.97 Å². The molecule has 2 aromatic heterocycles. The number of carboxylic acid groups (broad SMARTS) is 1. The van der Waals surface area contributed by atoms with Crippen LogP contribution < -0.4 is 5.32 Å². The van der Waals surface area contributed by atoms with E-state index in [-0.39, 0.29) is 16.9 Å². The molecule has 2 N–H and O–H groups in total. The SMILES string of the molecule is O=C(O)c1csc2c(Nc3ccccc3[N+](=O)[O-])ncnc12. The van der Waals surface area contributed by atoms with Gasteiger partial charge in [-0.15, -0.1) is 11.3 Å². The number of aromatic carboxylic acids is 1. The molecular weight excluding hydrogens is 308 g/mol. The number of rotatable bonds is 4. The van der Waals surface area contributed by atoms with Gasteiger partial charge in [0.15, 0.2) is 5.82 Å². The summed E-state index contributed by atoms with van der Waals surface area (Å²) in [5.41, 5.74) is 0.559. The summed E-state index contributed by atoms with van der Waals surface area (Å²) in [7, 11) is 0. The molecule has 0 bridgehead atoms. The molecule has 0 aliphatic heterocycles. The lowest BCUT2D eigenvalue weighted by Gasteiger charge is -2.06. The first kappa shape index (κ1) is 13.9. The van der Waals surface area contributed by atoms with Crippen LogP contribution in [0.2, 0.25) is 0 Å². The number of benzene rings is 1. The fourth-order valence-electron chi connectivity index (χ4n) is 1.96. The van der Waals surface area contributed by atoms with Gasteiger partial charge in [-0.3, -0.25) is 10.1 Å². The van der Waals surface area contributed by atoms with E-state index in [2.05, 4.69) is 15.3 Å². The van der Waals surface area contributed by atoms with Crippen LogP contribution in [0.1, 0.15) is 10.4 Å². The van der Waals surface area contributed by atoms with Crippen molar-refractivity contribution < 1.29 is 14.8 Å². The lowest BCUT2D eigenvalue weighted by Crippen LogP contribution is -2.00. The van der Waals surface area contributed by atoms with Gasteiger partial charge >= 0.3 is 5.97 Å². The molecule has 8 nitrogen and oxygen atoms in total. The Morgan fingerprint density at radius 3 is 2.82 bits per heavy atom. The van der Waals surface area contributed by atoms with Crippen LogP contribution in [-0.2, 0) is 0 Å². The Kier molecular flexibility index (Phi) is 3.39. The van der Waals surface area contributed by atoms with E-state index in [1.807, 2.05) is 0 Å². The minimum Gasteiger partial charge on any atom is -0.478 e. The van der Waals surface area contributed by atoms with Gasteiger partial charge in [0.1, 0.15) is 17.5 Å². The molecule has 0 fully saturated rings. The van der Waals surface area contributed by atoms with Gasteiger partial charge in [0.2, 0.25) is 0 Å². The van der Waals surface area contributed by atoms with Gasteiger partial charge < -0.3 is 10.4 Å². The van der Waals surface area contributed by atoms with E-state index < -0.39 is 10.9 Å². The maximum atomic E-state index is 11.1. The molecule has 1 aromatic carbocycles. The Labute approximate surface area is 127 Å². The molecule has 3 rings (SSSR count). The molecule has 2 heterocycles. The first-order valence-electron chi connectivity index (χ1n) is 6.04. The van der Waals surface area contributed by atoms with Crippen molar-refractivity contribution in [2.75, 3.05) is 5.32 Å². The fraction of sp³-hybridized carbons (Fsp3) is 0. The summed E-state index contributed by atoms with van der Waals surface area (Å²) in [6, 6.07) is 6.15. The second kappa shape index (κ2) is 5.37. The molecule has 0 atom stereocenters. The highest BCUT2D eigenvalue weighted by molar-refractivity contribution is 7.18. The zero-order chi connectivity index (χ0) is 15.7. The third-order valence-corrected chi connectivity index (χ3v) is 3.91. The zero-order valence-electron chi connectivity index (χ0n) is 10.9. The van der Waals surface area contributed by atoms with Crippen LogP contribution in [0.15, 0.2) is 36.0 Å². The number of hydrogen-bond donors (Lipinski definition) is 2. The first-order valence-corrected chi connectivity index (χ1v) is 6.92. The van der Waals surface area contributed by atoms with Crippen LogP contribution in [0.4, 0.5) is 17.2 Å². The highest BCUT2D eigenvalue weighted by Gasteiger charge is 2.18. The molecule has 0 aliphatic carbocycles. The average Bonchev–Trinajstić information content (AvgIpc) is 2.93. The van der Waals surface area contributed by atoms with Crippen molar-refractivity contribution in [1.29, 1.82) is 0 Å². The highest BCUT2D eigenvalue weighted by atomic mass is 32.1. The molecule has 22 heavy (non-hydrogen) atoms. The molecular formula is C13H8N4O4S. The van der Waals surface area contributed by atoms with Gasteiger partial charge in [0, 0.05) is 11.4 Å². The smallest absolute Gasteiger partial charge is 0.338 e.